The Kier molecular flexibility index (Phi) is 6.21. The van der Waals surface area contributed by atoms with Crippen LogP contribution in [0, 0.1) is 0 Å². The van der Waals surface area contributed by atoms with Crippen LogP contribution in [0.25, 0.3) is 0 Å². The third-order valence-corrected chi connectivity index (χ3v) is 5.76. The number of ether oxygens (including phenoxy) is 1. The van der Waals surface area contributed by atoms with Crippen molar-refractivity contribution in [1.82, 2.24) is 5.32 Å². The Morgan fingerprint density at radius 1 is 1.08 bits per heavy atom. The van der Waals surface area contributed by atoms with E-state index in [4.69, 9.17) is 27.9 Å². The van der Waals surface area contributed by atoms with E-state index in [0.29, 0.717) is 5.02 Å². The lowest BCUT2D eigenvalue weighted by Crippen LogP contribution is -2.38. The van der Waals surface area contributed by atoms with E-state index in [1.807, 2.05) is 0 Å². The zero-order valence-corrected chi connectivity index (χ0v) is 16.8. The van der Waals surface area contributed by atoms with Gasteiger partial charge < -0.3 is 10.1 Å². The predicted octanol–water partition coefficient (Wildman–Crippen LogP) is 4.99. The van der Waals surface area contributed by atoms with Gasteiger partial charge in [0.15, 0.2) is 5.37 Å². The molecule has 0 spiro atoms. The molecule has 8 heteroatoms. The van der Waals surface area contributed by atoms with Crippen molar-refractivity contribution >= 4 is 39.1 Å². The molecule has 2 aromatic rings. The van der Waals surface area contributed by atoms with Crippen molar-refractivity contribution in [2.45, 2.75) is 36.6 Å². The molecule has 0 radical (unpaired) electrons. The minimum absolute atomic E-state index is 0.0482. The van der Waals surface area contributed by atoms with Crippen LogP contribution >= 0.6 is 23.2 Å². The first-order chi connectivity index (χ1) is 12.0. The van der Waals surface area contributed by atoms with Crippen molar-refractivity contribution in [3.8, 4) is 0 Å². The van der Waals surface area contributed by atoms with Crippen molar-refractivity contribution in [2.24, 2.45) is 0 Å². The normalized spacial score (nSPS) is 13.1. The smallest absolute Gasteiger partial charge is 0.408 e. The van der Waals surface area contributed by atoms with Crippen LogP contribution in [0.5, 0.6) is 0 Å². The maximum atomic E-state index is 13.1. The summed E-state index contributed by atoms with van der Waals surface area (Å²) in [6.07, 6.45) is -0.868. The fraction of sp³-hybridized carbons (Fsp3) is 0.278. The first-order valence-electron chi connectivity index (χ1n) is 7.74. The van der Waals surface area contributed by atoms with Crippen molar-refractivity contribution < 1.29 is 17.9 Å². The molecule has 0 aromatic heterocycles. The van der Waals surface area contributed by atoms with Gasteiger partial charge in [-0.3, -0.25) is 0 Å². The summed E-state index contributed by atoms with van der Waals surface area (Å²) < 4.78 is 31.4. The first-order valence-corrected chi connectivity index (χ1v) is 10.0. The van der Waals surface area contributed by atoms with Crippen molar-refractivity contribution in [3.63, 3.8) is 0 Å². The van der Waals surface area contributed by atoms with Gasteiger partial charge >= 0.3 is 6.09 Å². The summed E-state index contributed by atoms with van der Waals surface area (Å²) in [5.41, 5.74) is -0.583. The summed E-state index contributed by atoms with van der Waals surface area (Å²) in [6.45, 7) is 5.05. The van der Waals surface area contributed by atoms with Gasteiger partial charge in [0.25, 0.3) is 0 Å². The van der Waals surface area contributed by atoms with Gasteiger partial charge in [0.05, 0.1) is 4.90 Å². The van der Waals surface area contributed by atoms with E-state index in [1.54, 1.807) is 39.0 Å². The Morgan fingerprint density at radius 3 is 2.23 bits per heavy atom. The molecule has 2 rings (SSSR count). The lowest BCUT2D eigenvalue weighted by Gasteiger charge is -2.24. The number of benzene rings is 2. The van der Waals surface area contributed by atoms with Crippen LogP contribution in [0.1, 0.15) is 31.7 Å². The topological polar surface area (TPSA) is 72.5 Å². The highest BCUT2D eigenvalue weighted by Crippen LogP contribution is 2.33. The molecule has 1 amide bonds. The minimum Gasteiger partial charge on any atom is -0.444 e. The van der Waals surface area contributed by atoms with E-state index in [-0.39, 0.29) is 15.5 Å². The number of hydrogen-bond donors (Lipinski definition) is 1. The molecule has 1 unspecified atom stereocenters. The molecule has 26 heavy (non-hydrogen) atoms. The van der Waals surface area contributed by atoms with Gasteiger partial charge in [0.2, 0.25) is 9.84 Å². The Morgan fingerprint density at radius 2 is 1.69 bits per heavy atom. The zero-order chi connectivity index (χ0) is 19.5. The fourth-order valence-corrected chi connectivity index (χ4v) is 4.38. The van der Waals surface area contributed by atoms with Crippen LogP contribution < -0.4 is 5.32 Å². The summed E-state index contributed by atoms with van der Waals surface area (Å²) >= 11 is 12.1. The van der Waals surface area contributed by atoms with Gasteiger partial charge in [0.1, 0.15) is 5.60 Å². The first kappa shape index (κ1) is 20.6. The van der Waals surface area contributed by atoms with Crippen molar-refractivity contribution in [1.29, 1.82) is 0 Å². The van der Waals surface area contributed by atoms with Crippen LogP contribution in [0.4, 0.5) is 4.79 Å². The van der Waals surface area contributed by atoms with Gasteiger partial charge in [0, 0.05) is 15.6 Å². The van der Waals surface area contributed by atoms with E-state index >= 15 is 0 Å². The molecule has 140 valence electrons. The number of carbonyl (C=O) groups excluding carboxylic acids is 1. The highest BCUT2D eigenvalue weighted by atomic mass is 35.5. The summed E-state index contributed by atoms with van der Waals surface area (Å²) in [7, 11) is -3.98. The van der Waals surface area contributed by atoms with Gasteiger partial charge in [-0.25, -0.2) is 13.2 Å². The van der Waals surface area contributed by atoms with Crippen LogP contribution in [-0.2, 0) is 14.6 Å². The van der Waals surface area contributed by atoms with Crippen molar-refractivity contribution in [2.75, 3.05) is 0 Å². The Hall–Kier alpha value is -1.76. The molecular weight excluding hydrogens is 397 g/mol. The van der Waals surface area contributed by atoms with Crippen LogP contribution in [0.2, 0.25) is 10.0 Å². The minimum atomic E-state index is -3.98. The zero-order valence-electron chi connectivity index (χ0n) is 14.5. The molecule has 2 aromatic carbocycles. The average Bonchev–Trinajstić information content (AvgIpc) is 2.52. The second-order valence-corrected chi connectivity index (χ2v) is 9.43. The van der Waals surface area contributed by atoms with E-state index in [9.17, 15) is 13.2 Å². The lowest BCUT2D eigenvalue weighted by molar-refractivity contribution is 0.0519. The van der Waals surface area contributed by atoms with E-state index in [2.05, 4.69) is 5.32 Å². The maximum Gasteiger partial charge on any atom is 0.408 e. The molecular formula is C18H19Cl2NO4S. The second-order valence-electron chi connectivity index (χ2n) is 6.55. The number of carbonyl (C=O) groups is 1. The number of sulfone groups is 1. The molecule has 1 atom stereocenters. The van der Waals surface area contributed by atoms with E-state index in [0.717, 1.165) is 0 Å². The van der Waals surface area contributed by atoms with Gasteiger partial charge in [-0.05, 0) is 45.0 Å². The van der Waals surface area contributed by atoms with Crippen LogP contribution in [0.15, 0.2) is 53.4 Å². The van der Waals surface area contributed by atoms with Gasteiger partial charge in [-0.2, -0.15) is 0 Å². The summed E-state index contributed by atoms with van der Waals surface area (Å²) in [6, 6.07) is 12.2. The highest BCUT2D eigenvalue weighted by molar-refractivity contribution is 7.91. The molecule has 5 nitrogen and oxygen atoms in total. The van der Waals surface area contributed by atoms with Gasteiger partial charge in [-0.15, -0.1) is 0 Å². The molecule has 1 N–H and O–H groups in total. The van der Waals surface area contributed by atoms with Gasteiger partial charge in [-0.1, -0.05) is 47.5 Å². The largest absolute Gasteiger partial charge is 0.444 e. The number of amides is 1. The third-order valence-electron chi connectivity index (χ3n) is 3.27. The quantitative estimate of drug-likeness (QED) is 0.762. The molecule has 0 aliphatic carbocycles. The number of halogens is 2. The molecule has 0 bridgehead atoms. The monoisotopic (exact) mass is 415 g/mol. The SMILES string of the molecule is CC(C)(C)OC(=O)NC(c1ccc(Cl)cc1Cl)S(=O)(=O)c1ccccc1. The maximum absolute atomic E-state index is 13.1. The Balaban J connectivity index is 2.50. The summed E-state index contributed by atoms with van der Waals surface area (Å²) in [5, 5.41) is 1.46. The average molecular weight is 416 g/mol. The van der Waals surface area contributed by atoms with Crippen LogP contribution in [-0.4, -0.2) is 20.1 Å². The predicted molar refractivity (Wildman–Crippen MR) is 102 cm³/mol. The fourth-order valence-electron chi connectivity index (χ4n) is 2.20. The third kappa shape index (κ3) is 5.13. The van der Waals surface area contributed by atoms with E-state index in [1.165, 1.54) is 30.3 Å². The molecule has 0 saturated heterocycles. The van der Waals surface area contributed by atoms with E-state index < -0.39 is 26.9 Å². The summed E-state index contributed by atoms with van der Waals surface area (Å²) in [5.74, 6) is 0. The molecule has 0 aliphatic rings. The highest BCUT2D eigenvalue weighted by Gasteiger charge is 2.33. The van der Waals surface area contributed by atoms with Crippen molar-refractivity contribution in [3.05, 3.63) is 64.1 Å². The molecule has 0 fully saturated rings. The lowest BCUT2D eigenvalue weighted by atomic mass is 10.2. The van der Waals surface area contributed by atoms with Crippen LogP contribution in [0.3, 0.4) is 0 Å². The second kappa shape index (κ2) is 7.86. The standard InChI is InChI=1S/C18H19Cl2NO4S/c1-18(2,3)25-17(22)21-16(14-10-9-12(19)11-15(14)20)26(23,24)13-7-5-4-6-8-13/h4-11,16H,1-3H3,(H,21,22). The number of rotatable bonds is 4. The number of alkyl carbamates (subject to hydrolysis) is 1. The number of nitrogens with one attached hydrogen (secondary N) is 1. The summed E-state index contributed by atoms with van der Waals surface area (Å²) in [4.78, 5) is 12.3. The molecule has 0 heterocycles. The molecule has 0 saturated carbocycles. The Labute approximate surface area is 163 Å². The Bertz CT molecular complexity index is 893. The number of hydrogen-bond acceptors (Lipinski definition) is 4. The molecule has 0 aliphatic heterocycles.